The van der Waals surface area contributed by atoms with Gasteiger partial charge in [0.2, 0.25) is 9.84 Å². The van der Waals surface area contributed by atoms with Crippen LogP contribution in [0.15, 0.2) is 16.3 Å². The molecule has 3 heterocycles. The van der Waals surface area contributed by atoms with E-state index in [2.05, 4.69) is 5.32 Å². The predicted molar refractivity (Wildman–Crippen MR) is 85.2 cm³/mol. The molecule has 2 aliphatic heterocycles. The highest BCUT2D eigenvalue weighted by molar-refractivity contribution is 7.92. The Morgan fingerprint density at radius 3 is 2.70 bits per heavy atom. The molecule has 2 fully saturated rings. The van der Waals surface area contributed by atoms with Crippen LogP contribution in [0.25, 0.3) is 0 Å². The number of rotatable bonds is 3. The average Bonchev–Trinajstić information content (AvgIpc) is 3.05. The summed E-state index contributed by atoms with van der Waals surface area (Å²) in [7, 11) is -4.75. The number of sulfone groups is 1. The zero-order valence-electron chi connectivity index (χ0n) is 12.1. The normalized spacial score (nSPS) is 24.4. The molecule has 0 radical (unpaired) electrons. The van der Waals surface area contributed by atoms with Crippen molar-refractivity contribution in [1.29, 1.82) is 0 Å². The summed E-state index contributed by atoms with van der Waals surface area (Å²) in [5, 5.41) is 4.78. The molecule has 1 N–H and O–H groups in total. The van der Waals surface area contributed by atoms with Gasteiger partial charge in [0.05, 0.1) is 4.90 Å². The molecular formula is C13H17ClF2N2O3S2. The maximum absolute atomic E-state index is 12.7. The van der Waals surface area contributed by atoms with Crippen molar-refractivity contribution in [2.24, 2.45) is 0 Å². The first-order valence-corrected chi connectivity index (χ1v) is 9.47. The SMILES string of the molecule is Cl.O=C(c1sccc1S(=O)(=O)C(F)F)N1CCC2CCC(C1)N2. The molecule has 10 heteroatoms. The summed E-state index contributed by atoms with van der Waals surface area (Å²) in [5.41, 5.74) is 0. The number of likely N-dealkylation sites (tertiary alicyclic amines) is 1. The van der Waals surface area contributed by atoms with Gasteiger partial charge in [-0.3, -0.25) is 4.79 Å². The molecule has 0 aliphatic carbocycles. The van der Waals surface area contributed by atoms with Gasteiger partial charge in [-0.15, -0.1) is 23.7 Å². The van der Waals surface area contributed by atoms with E-state index in [0.29, 0.717) is 19.1 Å². The maximum atomic E-state index is 12.7. The van der Waals surface area contributed by atoms with Crippen molar-refractivity contribution in [3.63, 3.8) is 0 Å². The van der Waals surface area contributed by atoms with Gasteiger partial charge >= 0.3 is 5.76 Å². The summed E-state index contributed by atoms with van der Waals surface area (Å²) < 4.78 is 48.8. The third-order valence-corrected chi connectivity index (χ3v) is 6.63. The first kappa shape index (κ1) is 18.6. The van der Waals surface area contributed by atoms with Crippen LogP contribution < -0.4 is 5.32 Å². The predicted octanol–water partition coefficient (Wildman–Crippen LogP) is 2.13. The Kier molecular flexibility index (Phi) is 5.65. The molecule has 1 amide bonds. The van der Waals surface area contributed by atoms with E-state index in [1.165, 1.54) is 5.38 Å². The van der Waals surface area contributed by atoms with Crippen molar-refractivity contribution in [2.45, 2.75) is 42.0 Å². The third kappa shape index (κ3) is 3.52. The van der Waals surface area contributed by atoms with Crippen molar-refractivity contribution in [3.05, 3.63) is 16.3 Å². The fourth-order valence-electron chi connectivity index (χ4n) is 3.04. The molecule has 2 saturated heterocycles. The van der Waals surface area contributed by atoms with E-state index in [1.807, 2.05) is 0 Å². The Labute approximate surface area is 143 Å². The van der Waals surface area contributed by atoms with Crippen molar-refractivity contribution >= 4 is 39.5 Å². The van der Waals surface area contributed by atoms with Gasteiger partial charge in [-0.05, 0) is 30.7 Å². The van der Waals surface area contributed by atoms with Crippen molar-refractivity contribution in [1.82, 2.24) is 10.2 Å². The fraction of sp³-hybridized carbons (Fsp3) is 0.615. The zero-order valence-corrected chi connectivity index (χ0v) is 14.5. The summed E-state index contributed by atoms with van der Waals surface area (Å²) >= 11 is 0.898. The Morgan fingerprint density at radius 2 is 2.00 bits per heavy atom. The van der Waals surface area contributed by atoms with Crippen LogP contribution in [0.3, 0.4) is 0 Å². The van der Waals surface area contributed by atoms with E-state index in [4.69, 9.17) is 0 Å². The van der Waals surface area contributed by atoms with Gasteiger partial charge in [0.15, 0.2) is 0 Å². The summed E-state index contributed by atoms with van der Waals surface area (Å²) in [5.74, 6) is -3.99. The molecule has 1 aromatic rings. The number of fused-ring (bicyclic) bond motifs is 2. The van der Waals surface area contributed by atoms with Crippen LogP contribution in [-0.2, 0) is 9.84 Å². The van der Waals surface area contributed by atoms with Crippen molar-refractivity contribution in [2.75, 3.05) is 13.1 Å². The van der Waals surface area contributed by atoms with Gasteiger partial charge in [-0.1, -0.05) is 0 Å². The Hall–Kier alpha value is -0.770. The zero-order chi connectivity index (χ0) is 15.9. The molecule has 23 heavy (non-hydrogen) atoms. The molecular weight excluding hydrogens is 370 g/mol. The van der Waals surface area contributed by atoms with Crippen molar-refractivity contribution < 1.29 is 22.0 Å². The van der Waals surface area contributed by atoms with E-state index in [-0.39, 0.29) is 23.3 Å². The van der Waals surface area contributed by atoms with Crippen molar-refractivity contribution in [3.8, 4) is 0 Å². The topological polar surface area (TPSA) is 66.5 Å². The van der Waals surface area contributed by atoms with Crippen LogP contribution >= 0.6 is 23.7 Å². The van der Waals surface area contributed by atoms with Gasteiger partial charge in [0.25, 0.3) is 5.91 Å². The van der Waals surface area contributed by atoms with Gasteiger partial charge in [-0.25, -0.2) is 8.42 Å². The highest BCUT2D eigenvalue weighted by Crippen LogP contribution is 2.29. The molecule has 0 saturated carbocycles. The monoisotopic (exact) mass is 386 g/mol. The second kappa shape index (κ2) is 7.00. The molecule has 2 aliphatic rings. The Balaban J connectivity index is 0.00000192. The number of nitrogens with zero attached hydrogens (tertiary/aromatic N) is 1. The first-order chi connectivity index (χ1) is 10.4. The van der Waals surface area contributed by atoms with E-state index in [9.17, 15) is 22.0 Å². The minimum Gasteiger partial charge on any atom is -0.336 e. The molecule has 2 bridgehead atoms. The lowest BCUT2D eigenvalue weighted by Crippen LogP contribution is -2.39. The quantitative estimate of drug-likeness (QED) is 0.864. The van der Waals surface area contributed by atoms with Crippen LogP contribution in [0.1, 0.15) is 28.9 Å². The number of carbonyl (C=O) groups excluding carboxylic acids is 1. The van der Waals surface area contributed by atoms with Gasteiger partial charge in [-0.2, -0.15) is 8.78 Å². The third-order valence-electron chi connectivity index (χ3n) is 4.17. The number of thiophene rings is 1. The van der Waals surface area contributed by atoms with Gasteiger partial charge in [0.1, 0.15) is 4.88 Å². The molecule has 130 valence electrons. The van der Waals surface area contributed by atoms with E-state index >= 15 is 0 Å². The molecule has 3 rings (SSSR count). The van der Waals surface area contributed by atoms with Crippen LogP contribution in [0.2, 0.25) is 0 Å². The number of nitrogens with one attached hydrogen (secondary N) is 1. The first-order valence-electron chi connectivity index (χ1n) is 7.04. The van der Waals surface area contributed by atoms with E-state index in [0.717, 1.165) is 36.7 Å². The second-order valence-electron chi connectivity index (χ2n) is 5.60. The largest absolute Gasteiger partial charge is 0.341 e. The van der Waals surface area contributed by atoms with Crippen LogP contribution in [0.5, 0.6) is 0 Å². The minimum atomic E-state index is -4.75. The standard InChI is InChI=1S/C13H16F2N2O3S2.ClH/c14-13(15)22(19,20)10-4-6-21-11(10)12(18)17-5-3-8-1-2-9(7-17)16-8;/h4,6,8-9,13,16H,1-3,5,7H2;1H. The lowest BCUT2D eigenvalue weighted by atomic mass is 10.1. The number of hydrogen-bond acceptors (Lipinski definition) is 5. The van der Waals surface area contributed by atoms with Gasteiger partial charge in [0, 0.05) is 25.2 Å². The molecule has 2 unspecified atom stereocenters. The summed E-state index contributed by atoms with van der Waals surface area (Å²) in [6.45, 7) is 1.00. The average molecular weight is 387 g/mol. The number of alkyl halides is 2. The Bertz CT molecular complexity index is 681. The maximum Gasteiger partial charge on any atom is 0.341 e. The number of amides is 1. The molecule has 1 aromatic heterocycles. The summed E-state index contributed by atoms with van der Waals surface area (Å²) in [6.07, 6.45) is 2.85. The number of carbonyl (C=O) groups is 1. The van der Waals surface area contributed by atoms with E-state index < -0.39 is 26.4 Å². The lowest BCUT2D eigenvalue weighted by Gasteiger charge is -2.24. The second-order valence-corrected chi connectivity index (χ2v) is 8.40. The number of halogens is 3. The molecule has 5 nitrogen and oxygen atoms in total. The Morgan fingerprint density at radius 1 is 1.30 bits per heavy atom. The molecule has 0 spiro atoms. The number of hydrogen-bond donors (Lipinski definition) is 1. The summed E-state index contributed by atoms with van der Waals surface area (Å²) in [4.78, 5) is 13.5. The van der Waals surface area contributed by atoms with Crippen LogP contribution in [-0.4, -0.2) is 50.2 Å². The fourth-order valence-corrected chi connectivity index (χ4v) is 5.17. The summed E-state index contributed by atoms with van der Waals surface area (Å²) in [6, 6.07) is 1.67. The highest BCUT2D eigenvalue weighted by atomic mass is 35.5. The molecule has 2 atom stereocenters. The van der Waals surface area contributed by atoms with Crippen LogP contribution in [0, 0.1) is 0 Å². The minimum absolute atomic E-state index is 0. The smallest absolute Gasteiger partial charge is 0.336 e. The van der Waals surface area contributed by atoms with Crippen LogP contribution in [0.4, 0.5) is 8.78 Å². The van der Waals surface area contributed by atoms with E-state index in [1.54, 1.807) is 4.90 Å². The van der Waals surface area contributed by atoms with Gasteiger partial charge < -0.3 is 10.2 Å². The highest BCUT2D eigenvalue weighted by Gasteiger charge is 2.36. The lowest BCUT2D eigenvalue weighted by molar-refractivity contribution is 0.0749. The molecule has 0 aromatic carbocycles.